The molecule has 2 unspecified atom stereocenters. The van der Waals surface area contributed by atoms with Crippen LogP contribution in [0.15, 0.2) is 18.2 Å². The van der Waals surface area contributed by atoms with Crippen LogP contribution in [0, 0.1) is 13.8 Å². The zero-order valence-corrected chi connectivity index (χ0v) is 11.0. The van der Waals surface area contributed by atoms with E-state index in [1.807, 2.05) is 0 Å². The molecule has 0 aliphatic carbocycles. The second-order valence-electron chi connectivity index (χ2n) is 5.26. The second kappa shape index (κ2) is 5.65. The van der Waals surface area contributed by atoms with Gasteiger partial charge in [-0.25, -0.2) is 0 Å². The van der Waals surface area contributed by atoms with Crippen molar-refractivity contribution in [2.45, 2.75) is 45.1 Å². The van der Waals surface area contributed by atoms with Crippen molar-refractivity contribution < 1.29 is 0 Å². The summed E-state index contributed by atoms with van der Waals surface area (Å²) in [5.41, 5.74) is 10.1. The minimum atomic E-state index is 0.468. The fourth-order valence-corrected chi connectivity index (χ4v) is 2.97. The van der Waals surface area contributed by atoms with E-state index in [1.165, 1.54) is 36.0 Å². The third-order valence-corrected chi connectivity index (χ3v) is 3.91. The van der Waals surface area contributed by atoms with Crippen molar-refractivity contribution in [1.82, 2.24) is 5.32 Å². The van der Waals surface area contributed by atoms with Crippen molar-refractivity contribution in [3.8, 4) is 0 Å². The van der Waals surface area contributed by atoms with E-state index in [9.17, 15) is 0 Å². The van der Waals surface area contributed by atoms with Gasteiger partial charge < -0.3 is 11.1 Å². The van der Waals surface area contributed by atoms with Gasteiger partial charge in [0.25, 0.3) is 0 Å². The van der Waals surface area contributed by atoms with Crippen LogP contribution in [0.1, 0.15) is 41.9 Å². The Morgan fingerprint density at radius 2 is 2.18 bits per heavy atom. The van der Waals surface area contributed by atoms with Crippen molar-refractivity contribution in [3.63, 3.8) is 0 Å². The number of nitrogens with two attached hydrogens (primary N) is 1. The smallest absolute Gasteiger partial charge is 0.0148 e. The fourth-order valence-electron chi connectivity index (χ4n) is 2.97. The predicted octanol–water partition coefficient (Wildman–Crippen LogP) is 2.49. The predicted molar refractivity (Wildman–Crippen MR) is 73.4 cm³/mol. The highest BCUT2D eigenvalue weighted by molar-refractivity contribution is 5.34. The molecule has 2 rings (SSSR count). The summed E-state index contributed by atoms with van der Waals surface area (Å²) in [6.07, 6.45) is 3.90. The average molecular weight is 232 g/mol. The fraction of sp³-hybridized carbons (Fsp3) is 0.600. The van der Waals surface area contributed by atoms with E-state index < -0.39 is 0 Å². The van der Waals surface area contributed by atoms with Gasteiger partial charge in [0, 0.05) is 18.5 Å². The summed E-state index contributed by atoms with van der Waals surface area (Å²) in [5.74, 6) is 0.468. The molecule has 0 bridgehead atoms. The summed E-state index contributed by atoms with van der Waals surface area (Å²) in [5, 5.41) is 3.63. The highest BCUT2D eigenvalue weighted by Gasteiger charge is 2.24. The van der Waals surface area contributed by atoms with E-state index in [0.29, 0.717) is 12.0 Å². The first-order valence-corrected chi connectivity index (χ1v) is 6.73. The SMILES string of the molecule is Cc1ccc(C(CN)C2CCCCN2)c(C)c1. The van der Waals surface area contributed by atoms with Gasteiger partial charge in [-0.2, -0.15) is 0 Å². The summed E-state index contributed by atoms with van der Waals surface area (Å²) in [6.45, 7) is 6.23. The standard InChI is InChI=1S/C15H24N2/c1-11-6-7-13(12(2)9-11)14(10-16)15-5-3-4-8-17-15/h6-7,9,14-15,17H,3-5,8,10,16H2,1-2H3. The van der Waals surface area contributed by atoms with Crippen LogP contribution < -0.4 is 11.1 Å². The Balaban J connectivity index is 2.21. The van der Waals surface area contributed by atoms with Crippen molar-refractivity contribution in [1.29, 1.82) is 0 Å². The van der Waals surface area contributed by atoms with Gasteiger partial charge in [0.2, 0.25) is 0 Å². The molecule has 0 amide bonds. The topological polar surface area (TPSA) is 38.0 Å². The molecule has 2 heteroatoms. The maximum Gasteiger partial charge on any atom is 0.0148 e. The summed E-state index contributed by atoms with van der Waals surface area (Å²) >= 11 is 0. The van der Waals surface area contributed by atoms with Crippen LogP contribution in [-0.2, 0) is 0 Å². The molecule has 1 saturated heterocycles. The van der Waals surface area contributed by atoms with Crippen molar-refractivity contribution in [3.05, 3.63) is 34.9 Å². The molecule has 1 aromatic carbocycles. The third kappa shape index (κ3) is 2.88. The van der Waals surface area contributed by atoms with Gasteiger partial charge in [-0.3, -0.25) is 0 Å². The molecular weight excluding hydrogens is 208 g/mol. The van der Waals surface area contributed by atoms with E-state index in [-0.39, 0.29) is 0 Å². The molecule has 2 atom stereocenters. The van der Waals surface area contributed by atoms with Crippen LogP contribution in [0.3, 0.4) is 0 Å². The van der Waals surface area contributed by atoms with Gasteiger partial charge in [0.05, 0.1) is 0 Å². The summed E-state index contributed by atoms with van der Waals surface area (Å²) in [4.78, 5) is 0. The minimum Gasteiger partial charge on any atom is -0.330 e. The van der Waals surface area contributed by atoms with Gasteiger partial charge in [-0.15, -0.1) is 0 Å². The number of rotatable bonds is 3. The van der Waals surface area contributed by atoms with Crippen LogP contribution in [-0.4, -0.2) is 19.1 Å². The summed E-state index contributed by atoms with van der Waals surface area (Å²) in [6, 6.07) is 7.29. The van der Waals surface area contributed by atoms with Gasteiger partial charge >= 0.3 is 0 Å². The van der Waals surface area contributed by atoms with Crippen molar-refractivity contribution in [2.75, 3.05) is 13.1 Å². The molecule has 1 aromatic rings. The van der Waals surface area contributed by atoms with Crippen molar-refractivity contribution in [2.24, 2.45) is 5.73 Å². The molecule has 0 radical (unpaired) electrons. The highest BCUT2D eigenvalue weighted by atomic mass is 14.9. The minimum absolute atomic E-state index is 0.468. The van der Waals surface area contributed by atoms with Gasteiger partial charge in [0.1, 0.15) is 0 Å². The van der Waals surface area contributed by atoms with Crippen LogP contribution in [0.25, 0.3) is 0 Å². The van der Waals surface area contributed by atoms with Gasteiger partial charge in [-0.05, 0) is 44.4 Å². The van der Waals surface area contributed by atoms with E-state index in [4.69, 9.17) is 5.73 Å². The van der Waals surface area contributed by atoms with E-state index >= 15 is 0 Å². The molecular formula is C15H24N2. The molecule has 17 heavy (non-hydrogen) atoms. The first-order valence-electron chi connectivity index (χ1n) is 6.73. The first-order chi connectivity index (χ1) is 8.22. The Bertz CT molecular complexity index is 367. The largest absolute Gasteiger partial charge is 0.330 e. The monoisotopic (exact) mass is 232 g/mol. The zero-order chi connectivity index (χ0) is 12.3. The van der Waals surface area contributed by atoms with Gasteiger partial charge in [-0.1, -0.05) is 30.2 Å². The number of benzene rings is 1. The Morgan fingerprint density at radius 3 is 2.76 bits per heavy atom. The Morgan fingerprint density at radius 1 is 1.35 bits per heavy atom. The van der Waals surface area contributed by atoms with Crippen LogP contribution >= 0.6 is 0 Å². The molecule has 1 fully saturated rings. The third-order valence-electron chi connectivity index (χ3n) is 3.91. The summed E-state index contributed by atoms with van der Waals surface area (Å²) < 4.78 is 0. The lowest BCUT2D eigenvalue weighted by Crippen LogP contribution is -2.41. The Kier molecular flexibility index (Phi) is 4.19. The highest BCUT2D eigenvalue weighted by Crippen LogP contribution is 2.27. The number of nitrogens with one attached hydrogen (secondary N) is 1. The quantitative estimate of drug-likeness (QED) is 0.840. The van der Waals surface area contributed by atoms with Gasteiger partial charge in [0.15, 0.2) is 0 Å². The zero-order valence-electron chi connectivity index (χ0n) is 11.0. The maximum atomic E-state index is 6.00. The first kappa shape index (κ1) is 12.6. The molecule has 94 valence electrons. The Labute approximate surface area is 105 Å². The maximum absolute atomic E-state index is 6.00. The molecule has 1 heterocycles. The molecule has 3 N–H and O–H groups in total. The van der Waals surface area contributed by atoms with Crippen LogP contribution in [0.5, 0.6) is 0 Å². The van der Waals surface area contributed by atoms with E-state index in [0.717, 1.165) is 13.1 Å². The molecule has 0 spiro atoms. The molecule has 0 saturated carbocycles. The number of hydrogen-bond acceptors (Lipinski definition) is 2. The number of hydrogen-bond donors (Lipinski definition) is 2. The normalized spacial score (nSPS) is 22.4. The van der Waals surface area contributed by atoms with E-state index in [2.05, 4.69) is 37.4 Å². The molecule has 1 aliphatic heterocycles. The van der Waals surface area contributed by atoms with Crippen LogP contribution in [0.2, 0.25) is 0 Å². The lowest BCUT2D eigenvalue weighted by molar-refractivity contribution is 0.352. The summed E-state index contributed by atoms with van der Waals surface area (Å²) in [7, 11) is 0. The Hall–Kier alpha value is -0.860. The molecule has 2 nitrogen and oxygen atoms in total. The van der Waals surface area contributed by atoms with E-state index in [1.54, 1.807) is 0 Å². The average Bonchev–Trinajstić information content (AvgIpc) is 2.34. The van der Waals surface area contributed by atoms with Crippen LogP contribution in [0.4, 0.5) is 0 Å². The lowest BCUT2D eigenvalue weighted by atomic mass is 9.84. The molecule has 1 aliphatic rings. The van der Waals surface area contributed by atoms with Crippen molar-refractivity contribution >= 4 is 0 Å². The molecule has 0 aromatic heterocycles. The second-order valence-corrected chi connectivity index (χ2v) is 5.26. The number of aryl methyl sites for hydroxylation is 2. The lowest BCUT2D eigenvalue weighted by Gasteiger charge is -2.32. The number of piperidine rings is 1.